The first kappa shape index (κ1) is 18.5. The van der Waals surface area contributed by atoms with E-state index in [4.69, 9.17) is 9.47 Å². The Hall–Kier alpha value is -1.83. The molecule has 0 atom stereocenters. The number of nitrogens with one attached hydrogen (secondary N) is 1. The standard InChI is InChI=1S/C18H19FINO3/c1-3-9-24-17-14(20)10-12(11-16(17)23-4-2)18(22)21-15-8-6-5-7-13(15)19/h5-8,10-11H,3-4,9H2,1-2H3,(H,21,22). The van der Waals surface area contributed by atoms with E-state index >= 15 is 0 Å². The molecule has 2 rings (SSSR count). The third-order valence-electron chi connectivity index (χ3n) is 3.14. The van der Waals surface area contributed by atoms with Gasteiger partial charge in [0.15, 0.2) is 11.5 Å². The largest absolute Gasteiger partial charge is 0.490 e. The molecule has 0 aliphatic heterocycles. The zero-order chi connectivity index (χ0) is 17.5. The first-order chi connectivity index (χ1) is 11.6. The Morgan fingerprint density at radius 2 is 1.96 bits per heavy atom. The minimum Gasteiger partial charge on any atom is -0.490 e. The van der Waals surface area contributed by atoms with Gasteiger partial charge in [-0.1, -0.05) is 19.1 Å². The number of hydrogen-bond donors (Lipinski definition) is 1. The third-order valence-corrected chi connectivity index (χ3v) is 3.95. The van der Waals surface area contributed by atoms with Crippen molar-refractivity contribution in [3.05, 3.63) is 51.3 Å². The molecule has 0 spiro atoms. The quantitative estimate of drug-likeness (QED) is 0.622. The molecule has 0 aliphatic rings. The van der Waals surface area contributed by atoms with E-state index < -0.39 is 11.7 Å². The number of hydrogen-bond acceptors (Lipinski definition) is 3. The molecule has 2 aromatic rings. The molecule has 0 fully saturated rings. The predicted molar refractivity (Wildman–Crippen MR) is 100 cm³/mol. The van der Waals surface area contributed by atoms with Crippen LogP contribution in [0.15, 0.2) is 36.4 Å². The number of ether oxygens (including phenoxy) is 2. The van der Waals surface area contributed by atoms with Gasteiger partial charge in [0.05, 0.1) is 22.5 Å². The van der Waals surface area contributed by atoms with E-state index in [0.717, 1.165) is 9.99 Å². The van der Waals surface area contributed by atoms with Crippen molar-refractivity contribution in [2.45, 2.75) is 20.3 Å². The second kappa shape index (κ2) is 8.86. The van der Waals surface area contributed by atoms with Crippen LogP contribution in [0.25, 0.3) is 0 Å². The summed E-state index contributed by atoms with van der Waals surface area (Å²) in [5.74, 6) is 0.257. The number of rotatable bonds is 7. The van der Waals surface area contributed by atoms with Crippen LogP contribution < -0.4 is 14.8 Å². The monoisotopic (exact) mass is 443 g/mol. The number of amides is 1. The van der Waals surface area contributed by atoms with Gasteiger partial charge < -0.3 is 14.8 Å². The van der Waals surface area contributed by atoms with Crippen LogP contribution >= 0.6 is 22.6 Å². The summed E-state index contributed by atoms with van der Waals surface area (Å²) in [4.78, 5) is 12.4. The highest BCUT2D eigenvalue weighted by Crippen LogP contribution is 2.34. The average Bonchev–Trinajstić information content (AvgIpc) is 2.56. The SMILES string of the molecule is CCCOc1c(I)cc(C(=O)Nc2ccccc2F)cc1OCC. The van der Waals surface area contributed by atoms with E-state index in [1.54, 1.807) is 24.3 Å². The Morgan fingerprint density at radius 1 is 1.21 bits per heavy atom. The Labute approximate surface area is 154 Å². The summed E-state index contributed by atoms with van der Waals surface area (Å²) in [6.07, 6.45) is 0.872. The van der Waals surface area contributed by atoms with Crippen molar-refractivity contribution in [3.8, 4) is 11.5 Å². The summed E-state index contributed by atoms with van der Waals surface area (Å²) in [6, 6.07) is 9.36. The maximum absolute atomic E-state index is 13.7. The number of carbonyl (C=O) groups excluding carboxylic acids is 1. The number of carbonyl (C=O) groups is 1. The van der Waals surface area contributed by atoms with Crippen molar-refractivity contribution in [2.75, 3.05) is 18.5 Å². The normalized spacial score (nSPS) is 10.3. The molecule has 2 aromatic carbocycles. The van der Waals surface area contributed by atoms with Gasteiger partial charge in [0.25, 0.3) is 5.91 Å². The lowest BCUT2D eigenvalue weighted by Gasteiger charge is -2.15. The van der Waals surface area contributed by atoms with Gasteiger partial charge in [-0.3, -0.25) is 4.79 Å². The molecular formula is C18H19FINO3. The molecule has 6 heteroatoms. The fraction of sp³-hybridized carbons (Fsp3) is 0.278. The fourth-order valence-corrected chi connectivity index (χ4v) is 2.82. The Morgan fingerprint density at radius 3 is 2.62 bits per heavy atom. The van der Waals surface area contributed by atoms with Gasteiger partial charge in [-0.05, 0) is 60.2 Å². The second-order valence-electron chi connectivity index (χ2n) is 5.00. The van der Waals surface area contributed by atoms with Crippen molar-refractivity contribution >= 4 is 34.2 Å². The maximum Gasteiger partial charge on any atom is 0.255 e. The summed E-state index contributed by atoms with van der Waals surface area (Å²) in [7, 11) is 0. The van der Waals surface area contributed by atoms with E-state index in [0.29, 0.717) is 30.3 Å². The van der Waals surface area contributed by atoms with E-state index in [2.05, 4.69) is 27.9 Å². The van der Waals surface area contributed by atoms with Crippen LogP contribution in [-0.2, 0) is 0 Å². The van der Waals surface area contributed by atoms with Crippen molar-refractivity contribution in [1.82, 2.24) is 0 Å². The fourth-order valence-electron chi connectivity index (χ4n) is 2.06. The summed E-state index contributed by atoms with van der Waals surface area (Å²) in [6.45, 7) is 4.90. The second-order valence-corrected chi connectivity index (χ2v) is 6.16. The molecule has 0 aromatic heterocycles. The minimum absolute atomic E-state index is 0.141. The maximum atomic E-state index is 13.7. The zero-order valence-electron chi connectivity index (χ0n) is 13.6. The topological polar surface area (TPSA) is 47.6 Å². The van der Waals surface area contributed by atoms with Crippen LogP contribution in [0.4, 0.5) is 10.1 Å². The summed E-state index contributed by atoms with van der Waals surface area (Å²) >= 11 is 2.10. The van der Waals surface area contributed by atoms with Gasteiger partial charge in [-0.25, -0.2) is 4.39 Å². The van der Waals surface area contributed by atoms with Gasteiger partial charge in [0.1, 0.15) is 5.82 Å². The van der Waals surface area contributed by atoms with Crippen LogP contribution in [0.5, 0.6) is 11.5 Å². The molecule has 24 heavy (non-hydrogen) atoms. The Balaban J connectivity index is 2.29. The Kier molecular flexibility index (Phi) is 6.84. The molecule has 128 valence electrons. The van der Waals surface area contributed by atoms with Crippen molar-refractivity contribution in [2.24, 2.45) is 0 Å². The van der Waals surface area contributed by atoms with Gasteiger partial charge in [-0.15, -0.1) is 0 Å². The van der Waals surface area contributed by atoms with Crippen LogP contribution in [0.1, 0.15) is 30.6 Å². The van der Waals surface area contributed by atoms with E-state index in [9.17, 15) is 9.18 Å². The molecule has 1 N–H and O–H groups in total. The highest BCUT2D eigenvalue weighted by atomic mass is 127. The smallest absolute Gasteiger partial charge is 0.255 e. The average molecular weight is 443 g/mol. The summed E-state index contributed by atoms with van der Waals surface area (Å²) in [5.41, 5.74) is 0.525. The van der Waals surface area contributed by atoms with Crippen molar-refractivity contribution in [1.29, 1.82) is 0 Å². The van der Waals surface area contributed by atoms with Crippen LogP contribution in [-0.4, -0.2) is 19.1 Å². The van der Waals surface area contributed by atoms with E-state index in [-0.39, 0.29) is 5.69 Å². The van der Waals surface area contributed by atoms with E-state index in [1.807, 2.05) is 13.8 Å². The van der Waals surface area contributed by atoms with Crippen molar-refractivity contribution in [3.63, 3.8) is 0 Å². The molecular weight excluding hydrogens is 424 g/mol. The summed E-state index contributed by atoms with van der Waals surface area (Å²) < 4.78 is 25.8. The lowest BCUT2D eigenvalue weighted by atomic mass is 10.1. The number of benzene rings is 2. The molecule has 4 nitrogen and oxygen atoms in total. The molecule has 0 saturated heterocycles. The molecule has 0 radical (unpaired) electrons. The van der Waals surface area contributed by atoms with Gasteiger partial charge in [0, 0.05) is 5.56 Å². The zero-order valence-corrected chi connectivity index (χ0v) is 15.7. The molecule has 0 aliphatic carbocycles. The molecule has 0 saturated carbocycles. The first-order valence-corrected chi connectivity index (χ1v) is 8.79. The van der Waals surface area contributed by atoms with Gasteiger partial charge in [0.2, 0.25) is 0 Å². The molecule has 1 amide bonds. The lowest BCUT2D eigenvalue weighted by molar-refractivity contribution is 0.102. The minimum atomic E-state index is -0.478. The first-order valence-electron chi connectivity index (χ1n) is 7.71. The van der Waals surface area contributed by atoms with Gasteiger partial charge >= 0.3 is 0 Å². The molecule has 0 bridgehead atoms. The number of halogens is 2. The number of para-hydroxylation sites is 1. The van der Waals surface area contributed by atoms with Gasteiger partial charge in [-0.2, -0.15) is 0 Å². The number of anilines is 1. The van der Waals surface area contributed by atoms with Crippen molar-refractivity contribution < 1.29 is 18.7 Å². The van der Waals surface area contributed by atoms with Crippen LogP contribution in [0.3, 0.4) is 0 Å². The Bertz CT molecular complexity index is 721. The van der Waals surface area contributed by atoms with E-state index in [1.165, 1.54) is 12.1 Å². The molecule has 0 unspecified atom stereocenters. The molecule has 0 heterocycles. The summed E-state index contributed by atoms with van der Waals surface area (Å²) in [5, 5.41) is 2.57. The third kappa shape index (κ3) is 4.59. The van der Waals surface area contributed by atoms with Crippen LogP contribution in [0.2, 0.25) is 0 Å². The van der Waals surface area contributed by atoms with Crippen LogP contribution in [0, 0.1) is 9.39 Å². The highest BCUT2D eigenvalue weighted by Gasteiger charge is 2.17. The predicted octanol–water partition coefficient (Wildman–Crippen LogP) is 4.87. The highest BCUT2D eigenvalue weighted by molar-refractivity contribution is 14.1. The lowest BCUT2D eigenvalue weighted by Crippen LogP contribution is -2.14.